The summed E-state index contributed by atoms with van der Waals surface area (Å²) >= 11 is 0. The van der Waals surface area contributed by atoms with E-state index in [0.717, 1.165) is 5.06 Å². The Morgan fingerprint density at radius 2 is 1.13 bits per heavy atom. The van der Waals surface area contributed by atoms with Crippen molar-refractivity contribution in [2.45, 2.75) is 59.2 Å². The molecule has 2 aromatic carbocycles. The van der Waals surface area contributed by atoms with Crippen molar-refractivity contribution >= 4 is 19.8 Å². The number of carbonyl (C=O) groups excluding carboxylic acids is 2. The van der Waals surface area contributed by atoms with E-state index < -0.39 is 31.0 Å². The molecule has 0 bridgehead atoms. The first-order valence-corrected chi connectivity index (χ1v) is 14.0. The first kappa shape index (κ1) is 31.6. The number of amides is 1. The Bertz CT molecular complexity index is 1070. The number of carbonyl (C=O) groups is 2. The van der Waals surface area contributed by atoms with Gasteiger partial charge in [-0.05, 0) is 96.5 Å². The van der Waals surface area contributed by atoms with Gasteiger partial charge in [-0.15, -0.1) is 5.06 Å². The fourth-order valence-corrected chi connectivity index (χ4v) is 4.59. The molecule has 0 N–H and O–H groups in total. The Hall–Kier alpha value is -3.59. The van der Waals surface area contributed by atoms with Crippen LogP contribution in [0.3, 0.4) is 0 Å². The first-order valence-electron chi connectivity index (χ1n) is 12.3. The topological polar surface area (TPSA) is 119 Å². The third kappa shape index (κ3) is 11.8. The SMILES string of the molecule is COc1ccc(OP(=O)(CCCN(OC(=O)OC(C)(C)C)C(=O)OC(C)(C)C)Oc2ccc(OC)cc2)cc1. The van der Waals surface area contributed by atoms with Crippen molar-refractivity contribution in [1.82, 2.24) is 5.06 Å². The molecule has 1 amide bonds. The van der Waals surface area contributed by atoms with Gasteiger partial charge in [0, 0.05) is 0 Å². The molecule has 0 fully saturated rings. The van der Waals surface area contributed by atoms with Gasteiger partial charge in [0.05, 0.1) is 26.9 Å². The molecule has 11 nitrogen and oxygen atoms in total. The Morgan fingerprint density at radius 1 is 0.718 bits per heavy atom. The summed E-state index contributed by atoms with van der Waals surface area (Å²) in [5, 5.41) is 0.727. The van der Waals surface area contributed by atoms with Gasteiger partial charge >= 0.3 is 19.8 Å². The van der Waals surface area contributed by atoms with Crippen molar-refractivity contribution in [2.75, 3.05) is 26.9 Å². The lowest BCUT2D eigenvalue weighted by atomic mass is 10.2. The van der Waals surface area contributed by atoms with Crippen LogP contribution in [0.1, 0.15) is 48.0 Å². The summed E-state index contributed by atoms with van der Waals surface area (Å²) in [6.07, 6.45) is -2.07. The maximum atomic E-state index is 13.9. The molecular formula is C27H38NO10P. The number of hydrogen-bond acceptors (Lipinski definition) is 10. The van der Waals surface area contributed by atoms with Crippen LogP contribution in [0, 0.1) is 0 Å². The summed E-state index contributed by atoms with van der Waals surface area (Å²) in [7, 11) is -0.775. The second-order valence-corrected chi connectivity index (χ2v) is 12.4. The highest BCUT2D eigenvalue weighted by molar-refractivity contribution is 7.54. The zero-order valence-corrected chi connectivity index (χ0v) is 24.6. The molecule has 0 aliphatic carbocycles. The minimum absolute atomic E-state index is 0.0611. The number of hydroxylamine groups is 2. The average Bonchev–Trinajstić information content (AvgIpc) is 2.82. The van der Waals surface area contributed by atoms with Crippen molar-refractivity contribution in [3.05, 3.63) is 48.5 Å². The number of rotatable bonds is 10. The van der Waals surface area contributed by atoms with Crippen molar-refractivity contribution in [3.63, 3.8) is 0 Å². The number of methoxy groups -OCH3 is 2. The van der Waals surface area contributed by atoms with Gasteiger partial charge in [0.25, 0.3) is 0 Å². The third-order valence-electron chi connectivity index (χ3n) is 4.57. The monoisotopic (exact) mass is 567 g/mol. The second-order valence-electron chi connectivity index (χ2n) is 10.4. The molecular weight excluding hydrogens is 529 g/mol. The van der Waals surface area contributed by atoms with Crippen LogP contribution in [0.2, 0.25) is 0 Å². The molecule has 0 atom stereocenters. The van der Waals surface area contributed by atoms with Gasteiger partial charge in [0.15, 0.2) is 0 Å². The van der Waals surface area contributed by atoms with E-state index in [-0.39, 0.29) is 19.1 Å². The summed E-state index contributed by atoms with van der Waals surface area (Å²) in [5.74, 6) is 1.78. The highest BCUT2D eigenvalue weighted by Crippen LogP contribution is 2.49. The number of benzene rings is 2. The van der Waals surface area contributed by atoms with Crippen molar-refractivity contribution in [1.29, 1.82) is 0 Å². The lowest BCUT2D eigenvalue weighted by molar-refractivity contribution is -0.135. The Labute approximate surface area is 229 Å². The fraction of sp³-hybridized carbons (Fsp3) is 0.481. The molecule has 0 heterocycles. The van der Waals surface area contributed by atoms with Crippen molar-refractivity contribution in [3.8, 4) is 23.0 Å². The van der Waals surface area contributed by atoms with Gasteiger partial charge in [-0.25, -0.2) is 14.2 Å². The Balaban J connectivity index is 2.21. The maximum Gasteiger partial charge on any atom is 0.534 e. The smallest absolute Gasteiger partial charge is 0.497 e. The first-order chi connectivity index (χ1) is 18.1. The average molecular weight is 568 g/mol. The third-order valence-corrected chi connectivity index (χ3v) is 6.41. The van der Waals surface area contributed by atoms with Crippen LogP contribution >= 0.6 is 7.60 Å². The number of nitrogens with zero attached hydrogens (tertiary/aromatic N) is 1. The molecule has 0 aliphatic heterocycles. The normalized spacial score (nSPS) is 11.7. The van der Waals surface area contributed by atoms with E-state index in [4.69, 9.17) is 32.8 Å². The molecule has 12 heteroatoms. The minimum Gasteiger partial charge on any atom is -0.497 e. The Morgan fingerprint density at radius 3 is 1.51 bits per heavy atom. The molecule has 2 aromatic rings. The highest BCUT2D eigenvalue weighted by atomic mass is 31.2. The van der Waals surface area contributed by atoms with Gasteiger partial charge < -0.3 is 32.8 Å². The van der Waals surface area contributed by atoms with Crippen molar-refractivity contribution in [2.24, 2.45) is 0 Å². The van der Waals surface area contributed by atoms with Crippen LogP contribution in [0.5, 0.6) is 23.0 Å². The highest BCUT2D eigenvalue weighted by Gasteiger charge is 2.32. The van der Waals surface area contributed by atoms with E-state index in [1.807, 2.05) is 0 Å². The van der Waals surface area contributed by atoms with Crippen LogP contribution in [0.15, 0.2) is 48.5 Å². The molecule has 216 valence electrons. The predicted octanol–water partition coefficient (Wildman–Crippen LogP) is 6.85. The van der Waals surface area contributed by atoms with E-state index >= 15 is 0 Å². The lowest BCUT2D eigenvalue weighted by Gasteiger charge is -2.27. The van der Waals surface area contributed by atoms with Gasteiger partial charge in [-0.1, -0.05) is 0 Å². The summed E-state index contributed by atoms with van der Waals surface area (Å²) in [5.41, 5.74) is -1.69. The van der Waals surface area contributed by atoms with Gasteiger partial charge in [0.1, 0.15) is 34.2 Å². The molecule has 0 unspecified atom stereocenters. The quantitative estimate of drug-likeness (QED) is 0.171. The lowest BCUT2D eigenvalue weighted by Crippen LogP contribution is -2.40. The van der Waals surface area contributed by atoms with E-state index in [0.29, 0.717) is 23.0 Å². The van der Waals surface area contributed by atoms with Gasteiger partial charge in [0.2, 0.25) is 0 Å². The maximum absolute atomic E-state index is 13.9. The van der Waals surface area contributed by atoms with Crippen LogP contribution < -0.4 is 18.5 Å². The molecule has 0 saturated heterocycles. The zero-order valence-electron chi connectivity index (χ0n) is 23.7. The summed E-state index contributed by atoms with van der Waals surface area (Å²) < 4.78 is 46.3. The van der Waals surface area contributed by atoms with E-state index in [1.54, 1.807) is 90.1 Å². The van der Waals surface area contributed by atoms with Crippen LogP contribution in [-0.4, -0.2) is 55.4 Å². The zero-order chi connectivity index (χ0) is 29.3. The van der Waals surface area contributed by atoms with Gasteiger partial charge in [-0.3, -0.25) is 0 Å². The van der Waals surface area contributed by atoms with Crippen LogP contribution in [-0.2, 0) is 18.9 Å². The summed E-state index contributed by atoms with van der Waals surface area (Å²) in [6.45, 7) is 9.85. The number of ether oxygens (including phenoxy) is 4. The van der Waals surface area contributed by atoms with Crippen LogP contribution in [0.4, 0.5) is 9.59 Å². The largest absolute Gasteiger partial charge is 0.534 e. The predicted molar refractivity (Wildman–Crippen MR) is 145 cm³/mol. The fourth-order valence-electron chi connectivity index (χ4n) is 2.96. The molecule has 0 aromatic heterocycles. The number of hydrogen-bond donors (Lipinski definition) is 0. The van der Waals surface area contributed by atoms with E-state index in [9.17, 15) is 14.2 Å². The van der Waals surface area contributed by atoms with E-state index in [2.05, 4.69) is 0 Å². The van der Waals surface area contributed by atoms with Crippen molar-refractivity contribution < 1.29 is 47.0 Å². The Kier molecular flexibility index (Phi) is 10.9. The molecule has 0 aliphatic rings. The second kappa shape index (κ2) is 13.5. The molecule has 39 heavy (non-hydrogen) atoms. The van der Waals surface area contributed by atoms with E-state index in [1.165, 1.54) is 14.2 Å². The summed E-state index contributed by atoms with van der Waals surface area (Å²) in [4.78, 5) is 30.1. The molecule has 0 radical (unpaired) electrons. The molecule has 2 rings (SSSR count). The molecule has 0 saturated carbocycles. The van der Waals surface area contributed by atoms with Crippen LogP contribution in [0.25, 0.3) is 0 Å². The minimum atomic E-state index is -3.84. The van der Waals surface area contributed by atoms with Gasteiger partial charge in [-0.2, -0.15) is 0 Å². The standard InChI is InChI=1S/C27H38NO10P/c1-26(2,3)34-24(29)28(36-25(30)35-27(4,5)6)18-9-19-39(31,37-22-14-10-20(32-7)11-15-22)38-23-16-12-21(33-8)13-17-23/h10-17H,9,18-19H2,1-8H3. The molecule has 0 spiro atoms. The summed E-state index contributed by atoms with van der Waals surface area (Å²) in [6, 6.07) is 13.0.